The van der Waals surface area contributed by atoms with Crippen molar-refractivity contribution in [3.8, 4) is 0 Å². The van der Waals surface area contributed by atoms with E-state index in [9.17, 15) is 0 Å². The van der Waals surface area contributed by atoms with Gasteiger partial charge in [-0.2, -0.15) is 0 Å². The normalized spacial score (nSPS) is 13.2. The first-order valence-corrected chi connectivity index (χ1v) is 5.46. The molecule has 7 heteroatoms. The molecule has 1 aliphatic heterocycles. The summed E-state index contributed by atoms with van der Waals surface area (Å²) in [5.41, 5.74) is 0.879. The number of aromatic nitrogens is 3. The average Bonchev–Trinajstić information content (AvgIpc) is 2.68. The molecular weight excluding hydrogens is 220 g/mol. The predicted octanol–water partition coefficient (Wildman–Crippen LogP) is -0.455. The zero-order valence-corrected chi connectivity index (χ0v) is 10.6. The monoisotopic (exact) mass is 237 g/mol. The Hall–Kier alpha value is -1.92. The van der Waals surface area contributed by atoms with Crippen molar-refractivity contribution in [3.63, 3.8) is 0 Å². The van der Waals surface area contributed by atoms with Crippen LogP contribution in [0.1, 0.15) is 12.1 Å². The second-order valence-corrected chi connectivity index (χ2v) is 4.25. The third-order valence-corrected chi connectivity index (χ3v) is 2.34. The second kappa shape index (κ2) is 4.52. The smallest absolute Gasteiger partial charge is 0.277 e. The maximum atomic E-state index is 5.67. The first kappa shape index (κ1) is 11.6. The molecule has 1 aromatic heterocycles. The third-order valence-electron chi connectivity index (χ3n) is 2.34. The number of aliphatic imine (C=N–C) groups is 1. The molecule has 0 bridgehead atoms. The van der Waals surface area contributed by atoms with Crippen molar-refractivity contribution < 1.29 is 9.41 Å². The van der Waals surface area contributed by atoms with E-state index in [0.717, 1.165) is 18.5 Å². The van der Waals surface area contributed by atoms with Crippen molar-refractivity contribution >= 4 is 18.1 Å². The predicted molar refractivity (Wildman–Crippen MR) is 63.9 cm³/mol. The van der Waals surface area contributed by atoms with Crippen molar-refractivity contribution in [2.45, 2.75) is 12.8 Å². The number of fused-ring (bicyclic) bond motifs is 1. The quantitative estimate of drug-likeness (QED) is 0.377. The van der Waals surface area contributed by atoms with Crippen LogP contribution < -0.4 is 4.84 Å². The van der Waals surface area contributed by atoms with Crippen LogP contribution in [-0.4, -0.2) is 65.1 Å². The number of hydrogen-bond acceptors (Lipinski definition) is 4. The van der Waals surface area contributed by atoms with Crippen molar-refractivity contribution in [1.82, 2.24) is 20.1 Å². The second-order valence-electron chi connectivity index (χ2n) is 4.25. The lowest BCUT2D eigenvalue weighted by atomic mass is 10.2. The Kier molecular flexibility index (Phi) is 3.08. The van der Waals surface area contributed by atoms with Crippen LogP contribution in [0.15, 0.2) is 4.99 Å². The van der Waals surface area contributed by atoms with Gasteiger partial charge in [-0.25, -0.2) is 14.5 Å². The Balaban J connectivity index is 2.28. The van der Waals surface area contributed by atoms with Gasteiger partial charge < -0.3 is 0 Å². The fraction of sp³-hybridized carbons (Fsp3) is 0.600. The highest BCUT2D eigenvalue weighted by Crippen LogP contribution is 2.19. The molecule has 1 aromatic rings. The molecule has 0 unspecified atom stereocenters. The van der Waals surface area contributed by atoms with Gasteiger partial charge in [0.25, 0.3) is 0 Å². The summed E-state index contributed by atoms with van der Waals surface area (Å²) in [6, 6.07) is 0.665. The molecule has 0 amide bonds. The number of nitrogens with zero attached hydrogens (tertiary/aromatic N) is 6. The van der Waals surface area contributed by atoms with Gasteiger partial charge in [-0.3, -0.25) is 4.84 Å². The lowest BCUT2D eigenvalue weighted by Gasteiger charge is -2.11. The standard InChI is InChI=1S/C10H17N6O/c1-14(2)10(15(3)4)17-16-9-8(12-13-16)6-5-7-11-9/h7H,5-6H2,1-4H3/q+1. The SMILES string of the molecule is CN(C)C(On1nnc2c1N=CCC2)=[N+](C)C. The van der Waals surface area contributed by atoms with Gasteiger partial charge in [-0.15, -0.1) is 5.10 Å². The van der Waals surface area contributed by atoms with Crippen molar-refractivity contribution in [3.05, 3.63) is 5.69 Å². The van der Waals surface area contributed by atoms with Crippen LogP contribution in [0, 0.1) is 0 Å². The summed E-state index contributed by atoms with van der Waals surface area (Å²) in [4.78, 5) is 13.2. The van der Waals surface area contributed by atoms with Crippen molar-refractivity contribution in [2.24, 2.45) is 4.99 Å². The van der Waals surface area contributed by atoms with Gasteiger partial charge in [0.2, 0.25) is 5.82 Å². The van der Waals surface area contributed by atoms with Gasteiger partial charge in [0.1, 0.15) is 5.69 Å². The summed E-state index contributed by atoms with van der Waals surface area (Å²) in [7, 11) is 7.62. The first-order chi connectivity index (χ1) is 8.09. The largest absolute Gasteiger partial charge is 0.472 e. The lowest BCUT2D eigenvalue weighted by molar-refractivity contribution is -0.480. The van der Waals surface area contributed by atoms with E-state index in [1.807, 2.05) is 43.9 Å². The van der Waals surface area contributed by atoms with Crippen LogP contribution in [0.3, 0.4) is 0 Å². The number of amidine groups is 1. The fourth-order valence-corrected chi connectivity index (χ4v) is 1.63. The Labute approximate surface area is 100.0 Å². The van der Waals surface area contributed by atoms with Gasteiger partial charge in [0, 0.05) is 12.6 Å². The molecule has 0 aliphatic carbocycles. The molecule has 0 spiro atoms. The minimum absolute atomic E-state index is 0.665. The van der Waals surface area contributed by atoms with E-state index in [2.05, 4.69) is 15.3 Å². The van der Waals surface area contributed by atoms with Crippen LogP contribution in [0.5, 0.6) is 0 Å². The van der Waals surface area contributed by atoms with Gasteiger partial charge in [-0.05, 0) is 16.5 Å². The van der Waals surface area contributed by atoms with Gasteiger partial charge in [-0.1, -0.05) is 0 Å². The van der Waals surface area contributed by atoms with Crippen molar-refractivity contribution in [2.75, 3.05) is 28.2 Å². The first-order valence-electron chi connectivity index (χ1n) is 5.46. The van der Waals surface area contributed by atoms with Crippen molar-refractivity contribution in [1.29, 1.82) is 0 Å². The third kappa shape index (κ3) is 2.27. The summed E-state index contributed by atoms with van der Waals surface area (Å²) in [6.07, 6.45) is 3.63. The molecule has 2 heterocycles. The van der Waals surface area contributed by atoms with Crippen LogP contribution in [0.2, 0.25) is 0 Å². The zero-order chi connectivity index (χ0) is 12.4. The zero-order valence-electron chi connectivity index (χ0n) is 10.6. The molecular formula is C10H17N6O+. The summed E-state index contributed by atoms with van der Waals surface area (Å²) >= 11 is 0. The minimum atomic E-state index is 0.665. The van der Waals surface area contributed by atoms with Crippen LogP contribution >= 0.6 is 0 Å². The summed E-state index contributed by atoms with van der Waals surface area (Å²) in [5.74, 6) is 0.678. The van der Waals surface area contributed by atoms with Crippen LogP contribution in [0.25, 0.3) is 0 Å². The molecule has 0 fully saturated rings. The Morgan fingerprint density at radius 3 is 2.88 bits per heavy atom. The summed E-state index contributed by atoms with van der Waals surface area (Å²) in [5, 5.41) is 8.01. The van der Waals surface area contributed by atoms with E-state index in [0.29, 0.717) is 11.8 Å². The molecule has 92 valence electrons. The molecule has 0 saturated carbocycles. The summed E-state index contributed by atoms with van der Waals surface area (Å²) < 4.78 is 1.86. The number of hydrogen-bond donors (Lipinski definition) is 0. The minimum Gasteiger partial charge on any atom is -0.277 e. The van der Waals surface area contributed by atoms with Gasteiger partial charge in [0.05, 0.1) is 28.2 Å². The van der Waals surface area contributed by atoms with E-state index in [4.69, 9.17) is 4.84 Å². The maximum Gasteiger partial charge on any atom is 0.472 e. The maximum absolute atomic E-state index is 5.67. The number of aryl methyl sites for hydroxylation is 1. The topological polar surface area (TPSA) is 58.5 Å². The van der Waals surface area contributed by atoms with Gasteiger partial charge in [0.15, 0.2) is 0 Å². The Morgan fingerprint density at radius 2 is 2.24 bits per heavy atom. The van der Waals surface area contributed by atoms with E-state index >= 15 is 0 Å². The molecule has 0 aromatic carbocycles. The molecule has 7 nitrogen and oxygen atoms in total. The van der Waals surface area contributed by atoms with Crippen LogP contribution in [0.4, 0.5) is 5.82 Å². The molecule has 0 saturated heterocycles. The fourth-order valence-electron chi connectivity index (χ4n) is 1.63. The molecule has 0 atom stereocenters. The Bertz CT molecular complexity index is 469. The molecule has 2 rings (SSSR count). The average molecular weight is 237 g/mol. The highest BCUT2D eigenvalue weighted by atomic mass is 16.7. The van der Waals surface area contributed by atoms with E-state index in [1.165, 1.54) is 4.85 Å². The highest BCUT2D eigenvalue weighted by molar-refractivity contribution is 5.69. The van der Waals surface area contributed by atoms with E-state index < -0.39 is 0 Å². The molecule has 1 aliphatic rings. The summed E-state index contributed by atoms with van der Waals surface area (Å²) in [6.45, 7) is 0. The number of rotatable bonds is 1. The highest BCUT2D eigenvalue weighted by Gasteiger charge is 2.21. The Morgan fingerprint density at radius 1 is 1.47 bits per heavy atom. The molecule has 17 heavy (non-hydrogen) atoms. The van der Waals surface area contributed by atoms with Crippen LogP contribution in [-0.2, 0) is 6.42 Å². The van der Waals surface area contributed by atoms with Gasteiger partial charge >= 0.3 is 6.02 Å². The van der Waals surface area contributed by atoms with E-state index in [-0.39, 0.29) is 0 Å². The molecule has 0 radical (unpaired) electrons. The lowest BCUT2D eigenvalue weighted by Crippen LogP contribution is -2.39. The molecule has 0 N–H and O–H groups in total. The van der Waals surface area contributed by atoms with E-state index in [1.54, 1.807) is 0 Å².